The Morgan fingerprint density at radius 3 is 2.86 bits per heavy atom. The van der Waals surface area contributed by atoms with Gasteiger partial charge in [0.25, 0.3) is 0 Å². The van der Waals surface area contributed by atoms with E-state index in [4.69, 9.17) is 0 Å². The molecule has 4 heterocycles. The lowest BCUT2D eigenvalue weighted by atomic mass is 10.0. The molecular formula is C21H28N6S. The average Bonchev–Trinajstić information content (AvgIpc) is 3.36. The van der Waals surface area contributed by atoms with E-state index in [1.807, 2.05) is 19.2 Å². The number of likely N-dealkylation sites (tertiary alicyclic amines) is 1. The van der Waals surface area contributed by atoms with Crippen LogP contribution in [0.5, 0.6) is 0 Å². The van der Waals surface area contributed by atoms with Crippen LogP contribution in [0.15, 0.2) is 46.2 Å². The maximum absolute atomic E-state index is 4.68. The third-order valence-electron chi connectivity index (χ3n) is 5.32. The summed E-state index contributed by atoms with van der Waals surface area (Å²) in [6, 6.07) is 8.86. The quantitative estimate of drug-likeness (QED) is 0.514. The largest absolute Gasteiger partial charge is 0.354 e. The van der Waals surface area contributed by atoms with Crippen LogP contribution in [0.1, 0.15) is 29.8 Å². The minimum atomic E-state index is 0.466. The van der Waals surface area contributed by atoms with Crippen molar-refractivity contribution in [2.24, 2.45) is 4.99 Å². The fourth-order valence-corrected chi connectivity index (χ4v) is 4.38. The maximum atomic E-state index is 4.68. The third kappa shape index (κ3) is 4.54. The van der Waals surface area contributed by atoms with Gasteiger partial charge in [0.05, 0.1) is 12.2 Å². The molecule has 28 heavy (non-hydrogen) atoms. The zero-order chi connectivity index (χ0) is 19.3. The lowest BCUT2D eigenvalue weighted by Gasteiger charge is -2.32. The molecule has 0 unspecified atom stereocenters. The van der Waals surface area contributed by atoms with Crippen molar-refractivity contribution in [2.45, 2.75) is 38.9 Å². The minimum absolute atomic E-state index is 0.466. The summed E-state index contributed by atoms with van der Waals surface area (Å²) in [5, 5.41) is 11.4. The number of pyridine rings is 1. The van der Waals surface area contributed by atoms with E-state index in [1.165, 1.54) is 11.3 Å². The second kappa shape index (κ2) is 8.75. The Hall–Kier alpha value is -2.38. The summed E-state index contributed by atoms with van der Waals surface area (Å²) in [4.78, 5) is 11.6. The molecule has 3 aromatic rings. The first kappa shape index (κ1) is 19.0. The molecule has 1 aliphatic rings. The zero-order valence-corrected chi connectivity index (χ0v) is 17.4. The van der Waals surface area contributed by atoms with Gasteiger partial charge in [0.15, 0.2) is 5.96 Å². The van der Waals surface area contributed by atoms with Crippen molar-refractivity contribution in [3.05, 3.63) is 58.2 Å². The van der Waals surface area contributed by atoms with Gasteiger partial charge in [0.1, 0.15) is 5.65 Å². The number of guanidine groups is 1. The second-order valence-corrected chi connectivity index (χ2v) is 8.16. The molecule has 7 heteroatoms. The van der Waals surface area contributed by atoms with Crippen LogP contribution in [0.25, 0.3) is 5.65 Å². The van der Waals surface area contributed by atoms with Gasteiger partial charge in [-0.2, -0.15) is 11.3 Å². The SMILES string of the molecule is CN=C(NCc1cn2c(C)cccc2n1)NC1CCN(Cc2ccsc2)CC1. The Kier molecular flexibility index (Phi) is 5.92. The lowest BCUT2D eigenvalue weighted by Crippen LogP contribution is -2.48. The number of aromatic nitrogens is 2. The Bertz CT molecular complexity index is 922. The summed E-state index contributed by atoms with van der Waals surface area (Å²) in [5.41, 5.74) is 4.62. The Labute approximate surface area is 170 Å². The topological polar surface area (TPSA) is 57.0 Å². The standard InChI is InChI=1S/C21H28N6S/c1-16-4-3-5-20-24-19(14-27(16)20)12-23-21(22-2)25-18-6-9-26(10-7-18)13-17-8-11-28-15-17/h3-5,8,11,14-15,18H,6-7,9-10,12-13H2,1-2H3,(H2,22,23,25). The van der Waals surface area contributed by atoms with Gasteiger partial charge in [-0.3, -0.25) is 9.89 Å². The van der Waals surface area contributed by atoms with Crippen LogP contribution >= 0.6 is 11.3 Å². The van der Waals surface area contributed by atoms with Gasteiger partial charge in [-0.15, -0.1) is 0 Å². The Morgan fingerprint density at radius 2 is 2.14 bits per heavy atom. The fraction of sp³-hybridized carbons (Fsp3) is 0.429. The summed E-state index contributed by atoms with van der Waals surface area (Å²) >= 11 is 1.78. The number of imidazole rings is 1. The first-order valence-corrected chi connectivity index (χ1v) is 10.8. The molecule has 0 aliphatic carbocycles. The van der Waals surface area contributed by atoms with Crippen molar-refractivity contribution in [2.75, 3.05) is 20.1 Å². The predicted octanol–water partition coefficient (Wildman–Crippen LogP) is 3.03. The number of nitrogens with zero attached hydrogens (tertiary/aromatic N) is 4. The van der Waals surface area contributed by atoms with Gasteiger partial charge in [0.2, 0.25) is 0 Å². The highest BCUT2D eigenvalue weighted by atomic mass is 32.1. The molecular weight excluding hydrogens is 368 g/mol. The molecule has 0 aromatic carbocycles. The molecule has 1 aliphatic heterocycles. The number of fused-ring (bicyclic) bond motifs is 1. The van der Waals surface area contributed by atoms with E-state index in [0.717, 1.165) is 49.8 Å². The fourth-order valence-electron chi connectivity index (χ4n) is 3.72. The summed E-state index contributed by atoms with van der Waals surface area (Å²) in [6.07, 6.45) is 4.37. The normalized spacial score (nSPS) is 16.6. The van der Waals surface area contributed by atoms with Gasteiger partial charge in [0, 0.05) is 44.6 Å². The first-order valence-electron chi connectivity index (χ1n) is 9.85. The molecule has 1 saturated heterocycles. The molecule has 0 atom stereocenters. The maximum Gasteiger partial charge on any atom is 0.191 e. The molecule has 0 saturated carbocycles. The zero-order valence-electron chi connectivity index (χ0n) is 16.6. The smallest absolute Gasteiger partial charge is 0.191 e. The summed E-state index contributed by atoms with van der Waals surface area (Å²) < 4.78 is 2.12. The number of aryl methyl sites for hydroxylation is 1. The monoisotopic (exact) mass is 396 g/mol. The van der Waals surface area contributed by atoms with Crippen LogP contribution in [0, 0.1) is 6.92 Å². The Balaban J connectivity index is 1.26. The summed E-state index contributed by atoms with van der Waals surface area (Å²) in [6.45, 7) is 6.07. The lowest BCUT2D eigenvalue weighted by molar-refractivity contribution is 0.198. The highest BCUT2D eigenvalue weighted by Gasteiger charge is 2.20. The van der Waals surface area contributed by atoms with Gasteiger partial charge < -0.3 is 15.0 Å². The van der Waals surface area contributed by atoms with Crippen LogP contribution in [0.3, 0.4) is 0 Å². The van der Waals surface area contributed by atoms with Crippen molar-refractivity contribution < 1.29 is 0 Å². The van der Waals surface area contributed by atoms with Crippen molar-refractivity contribution in [1.29, 1.82) is 0 Å². The van der Waals surface area contributed by atoms with Crippen LogP contribution in [0.4, 0.5) is 0 Å². The number of hydrogen-bond donors (Lipinski definition) is 2. The highest BCUT2D eigenvalue weighted by Crippen LogP contribution is 2.15. The molecule has 0 bridgehead atoms. The number of hydrogen-bond acceptors (Lipinski definition) is 4. The first-order chi connectivity index (χ1) is 13.7. The highest BCUT2D eigenvalue weighted by molar-refractivity contribution is 7.07. The molecule has 148 valence electrons. The molecule has 0 amide bonds. The van der Waals surface area contributed by atoms with E-state index in [1.54, 1.807) is 11.3 Å². The molecule has 4 rings (SSSR count). The number of thiophene rings is 1. The molecule has 3 aromatic heterocycles. The molecule has 0 spiro atoms. The molecule has 2 N–H and O–H groups in total. The van der Waals surface area contributed by atoms with E-state index in [-0.39, 0.29) is 0 Å². The van der Waals surface area contributed by atoms with E-state index < -0.39 is 0 Å². The molecule has 0 radical (unpaired) electrons. The number of nitrogens with one attached hydrogen (secondary N) is 2. The number of piperidine rings is 1. The van der Waals surface area contributed by atoms with Crippen molar-refractivity contribution in [1.82, 2.24) is 24.9 Å². The predicted molar refractivity (Wildman–Crippen MR) is 116 cm³/mol. The van der Waals surface area contributed by atoms with Crippen molar-refractivity contribution >= 4 is 22.9 Å². The van der Waals surface area contributed by atoms with E-state index in [2.05, 4.69) is 65.9 Å². The van der Waals surface area contributed by atoms with E-state index >= 15 is 0 Å². The second-order valence-electron chi connectivity index (χ2n) is 7.38. The number of rotatable bonds is 5. The van der Waals surface area contributed by atoms with Crippen LogP contribution in [-0.4, -0.2) is 46.4 Å². The molecule has 1 fully saturated rings. The van der Waals surface area contributed by atoms with E-state index in [0.29, 0.717) is 12.6 Å². The summed E-state index contributed by atoms with van der Waals surface area (Å²) in [7, 11) is 1.83. The van der Waals surface area contributed by atoms with Crippen LogP contribution in [0.2, 0.25) is 0 Å². The third-order valence-corrected chi connectivity index (χ3v) is 6.05. The van der Waals surface area contributed by atoms with Crippen LogP contribution < -0.4 is 10.6 Å². The van der Waals surface area contributed by atoms with Crippen molar-refractivity contribution in [3.8, 4) is 0 Å². The molecule has 6 nitrogen and oxygen atoms in total. The van der Waals surface area contributed by atoms with Gasteiger partial charge >= 0.3 is 0 Å². The van der Waals surface area contributed by atoms with Gasteiger partial charge in [-0.05, 0) is 54.3 Å². The summed E-state index contributed by atoms with van der Waals surface area (Å²) in [5.74, 6) is 0.852. The minimum Gasteiger partial charge on any atom is -0.354 e. The van der Waals surface area contributed by atoms with Crippen LogP contribution in [-0.2, 0) is 13.1 Å². The van der Waals surface area contributed by atoms with Gasteiger partial charge in [-0.1, -0.05) is 6.07 Å². The Morgan fingerprint density at radius 1 is 1.29 bits per heavy atom. The van der Waals surface area contributed by atoms with Gasteiger partial charge in [-0.25, -0.2) is 4.98 Å². The van der Waals surface area contributed by atoms with Crippen molar-refractivity contribution in [3.63, 3.8) is 0 Å². The van der Waals surface area contributed by atoms with E-state index in [9.17, 15) is 0 Å². The number of aliphatic imine (C=N–C) groups is 1. The average molecular weight is 397 g/mol.